The Morgan fingerprint density at radius 2 is 1.95 bits per heavy atom. The van der Waals surface area contributed by atoms with Crippen LogP contribution in [0.15, 0.2) is 30.3 Å². The number of carboxylic acids is 1. The molecule has 0 bridgehead atoms. The van der Waals surface area contributed by atoms with Crippen molar-refractivity contribution in [3.63, 3.8) is 0 Å². The summed E-state index contributed by atoms with van der Waals surface area (Å²) in [5.41, 5.74) is 1.06. The fourth-order valence-electron chi connectivity index (χ4n) is 1.79. The molecular weight excluding hydrogens is 266 g/mol. The predicted octanol–water partition coefficient (Wildman–Crippen LogP) is 1.40. The van der Waals surface area contributed by atoms with Gasteiger partial charge in [0, 0.05) is 12.5 Å². The first-order valence-electron chi connectivity index (χ1n) is 6.15. The normalized spacial score (nSPS) is 13.1. The Labute approximate surface area is 113 Å². The van der Waals surface area contributed by atoms with Gasteiger partial charge in [-0.3, -0.25) is 4.79 Å². The van der Waals surface area contributed by atoms with Crippen LogP contribution < -0.4 is 4.72 Å². The SMILES string of the molecule is CC(Cc1ccccc1)NS(=O)(=O)CCCC(=O)O. The monoisotopic (exact) mass is 285 g/mol. The predicted molar refractivity (Wildman–Crippen MR) is 73.4 cm³/mol. The van der Waals surface area contributed by atoms with Crippen LogP contribution in [0.3, 0.4) is 0 Å². The van der Waals surface area contributed by atoms with Crippen molar-refractivity contribution < 1.29 is 18.3 Å². The summed E-state index contributed by atoms with van der Waals surface area (Å²) >= 11 is 0. The Hall–Kier alpha value is -1.40. The molecule has 1 unspecified atom stereocenters. The zero-order chi connectivity index (χ0) is 14.3. The molecule has 0 aliphatic carbocycles. The topological polar surface area (TPSA) is 83.5 Å². The van der Waals surface area contributed by atoms with E-state index < -0.39 is 16.0 Å². The molecule has 2 N–H and O–H groups in total. The summed E-state index contributed by atoms with van der Waals surface area (Å²) in [6, 6.07) is 9.39. The van der Waals surface area contributed by atoms with E-state index in [9.17, 15) is 13.2 Å². The smallest absolute Gasteiger partial charge is 0.303 e. The van der Waals surface area contributed by atoms with Gasteiger partial charge in [-0.05, 0) is 25.3 Å². The maximum absolute atomic E-state index is 11.7. The molecule has 5 nitrogen and oxygen atoms in total. The second-order valence-corrected chi connectivity index (χ2v) is 6.40. The average Bonchev–Trinajstić information content (AvgIpc) is 2.28. The van der Waals surface area contributed by atoms with Crippen molar-refractivity contribution in [1.82, 2.24) is 4.72 Å². The van der Waals surface area contributed by atoms with Gasteiger partial charge in [0.05, 0.1) is 5.75 Å². The lowest BCUT2D eigenvalue weighted by Crippen LogP contribution is -2.35. The summed E-state index contributed by atoms with van der Waals surface area (Å²) in [5.74, 6) is -1.13. The molecule has 1 aromatic carbocycles. The molecule has 0 aliphatic heterocycles. The van der Waals surface area contributed by atoms with Gasteiger partial charge in [0.1, 0.15) is 0 Å². The van der Waals surface area contributed by atoms with Crippen LogP contribution in [0.2, 0.25) is 0 Å². The van der Waals surface area contributed by atoms with E-state index in [2.05, 4.69) is 4.72 Å². The highest BCUT2D eigenvalue weighted by atomic mass is 32.2. The van der Waals surface area contributed by atoms with Crippen molar-refractivity contribution in [2.24, 2.45) is 0 Å². The summed E-state index contributed by atoms with van der Waals surface area (Å²) in [6.07, 6.45) is 0.607. The van der Waals surface area contributed by atoms with Crippen LogP contribution in [0.4, 0.5) is 0 Å². The number of nitrogens with one attached hydrogen (secondary N) is 1. The van der Waals surface area contributed by atoms with E-state index >= 15 is 0 Å². The molecule has 0 amide bonds. The lowest BCUT2D eigenvalue weighted by atomic mass is 10.1. The molecule has 106 valence electrons. The van der Waals surface area contributed by atoms with Crippen LogP contribution in [0.1, 0.15) is 25.3 Å². The van der Waals surface area contributed by atoms with Gasteiger partial charge in [-0.2, -0.15) is 0 Å². The maximum atomic E-state index is 11.7. The Bertz CT molecular complexity index is 499. The molecule has 6 heteroatoms. The summed E-state index contributed by atoms with van der Waals surface area (Å²) in [5, 5.41) is 8.47. The molecular formula is C13H19NO4S. The second kappa shape index (κ2) is 7.25. The highest BCUT2D eigenvalue weighted by Gasteiger charge is 2.15. The van der Waals surface area contributed by atoms with Gasteiger partial charge >= 0.3 is 5.97 Å². The molecule has 0 fully saturated rings. The Morgan fingerprint density at radius 3 is 2.53 bits per heavy atom. The quantitative estimate of drug-likeness (QED) is 0.756. The minimum Gasteiger partial charge on any atom is -0.481 e. The first-order valence-corrected chi connectivity index (χ1v) is 7.80. The zero-order valence-electron chi connectivity index (χ0n) is 10.9. The lowest BCUT2D eigenvalue weighted by Gasteiger charge is -2.14. The average molecular weight is 285 g/mol. The molecule has 0 aromatic heterocycles. The van der Waals surface area contributed by atoms with E-state index in [1.807, 2.05) is 30.3 Å². The summed E-state index contributed by atoms with van der Waals surface area (Å²) in [4.78, 5) is 10.3. The molecule has 0 saturated heterocycles. The van der Waals surface area contributed by atoms with E-state index in [-0.39, 0.29) is 24.6 Å². The van der Waals surface area contributed by atoms with Crippen LogP contribution in [0.25, 0.3) is 0 Å². The van der Waals surface area contributed by atoms with E-state index in [1.54, 1.807) is 6.92 Å². The summed E-state index contributed by atoms with van der Waals surface area (Å²) < 4.78 is 26.0. The van der Waals surface area contributed by atoms with Gasteiger partial charge in [-0.25, -0.2) is 13.1 Å². The molecule has 0 heterocycles. The van der Waals surface area contributed by atoms with Crippen molar-refractivity contribution in [2.45, 2.75) is 32.2 Å². The number of hydrogen-bond acceptors (Lipinski definition) is 3. The molecule has 0 spiro atoms. The minimum absolute atomic E-state index is 0.128. The first kappa shape index (κ1) is 15.7. The molecule has 0 aliphatic rings. The van der Waals surface area contributed by atoms with Gasteiger partial charge in [0.15, 0.2) is 0 Å². The number of rotatable bonds is 8. The fourth-order valence-corrected chi connectivity index (χ4v) is 3.13. The van der Waals surface area contributed by atoms with Gasteiger partial charge < -0.3 is 5.11 Å². The zero-order valence-corrected chi connectivity index (χ0v) is 11.7. The standard InChI is InChI=1S/C13H19NO4S/c1-11(10-12-6-3-2-4-7-12)14-19(17,18)9-5-8-13(15)16/h2-4,6-7,11,14H,5,8-10H2,1H3,(H,15,16). The van der Waals surface area contributed by atoms with Crippen molar-refractivity contribution in [3.8, 4) is 0 Å². The lowest BCUT2D eigenvalue weighted by molar-refractivity contribution is -0.137. The van der Waals surface area contributed by atoms with E-state index in [0.717, 1.165) is 5.56 Å². The number of benzene rings is 1. The fraction of sp³-hybridized carbons (Fsp3) is 0.462. The van der Waals surface area contributed by atoms with Gasteiger partial charge in [0.25, 0.3) is 0 Å². The number of sulfonamides is 1. The Morgan fingerprint density at radius 1 is 1.32 bits per heavy atom. The van der Waals surface area contributed by atoms with Crippen molar-refractivity contribution in [1.29, 1.82) is 0 Å². The highest BCUT2D eigenvalue weighted by Crippen LogP contribution is 2.04. The number of carbonyl (C=O) groups is 1. The van der Waals surface area contributed by atoms with Crippen LogP contribution in [-0.2, 0) is 21.2 Å². The molecule has 19 heavy (non-hydrogen) atoms. The van der Waals surface area contributed by atoms with Crippen molar-refractivity contribution >= 4 is 16.0 Å². The first-order chi connectivity index (χ1) is 8.89. The molecule has 0 saturated carbocycles. The molecule has 1 atom stereocenters. The largest absolute Gasteiger partial charge is 0.481 e. The number of aliphatic carboxylic acids is 1. The Kier molecular flexibility index (Phi) is 5.98. The number of carboxylic acid groups (broad SMARTS) is 1. The van der Waals surface area contributed by atoms with E-state index in [4.69, 9.17) is 5.11 Å². The van der Waals surface area contributed by atoms with Crippen molar-refractivity contribution in [2.75, 3.05) is 5.75 Å². The van der Waals surface area contributed by atoms with Gasteiger partial charge in [0.2, 0.25) is 10.0 Å². The number of hydrogen-bond donors (Lipinski definition) is 2. The van der Waals surface area contributed by atoms with Crippen LogP contribution in [0, 0.1) is 0 Å². The third-order valence-electron chi connectivity index (χ3n) is 2.57. The molecule has 1 aromatic rings. The van der Waals surface area contributed by atoms with E-state index in [1.165, 1.54) is 0 Å². The van der Waals surface area contributed by atoms with Gasteiger partial charge in [-0.15, -0.1) is 0 Å². The van der Waals surface area contributed by atoms with Crippen LogP contribution in [0.5, 0.6) is 0 Å². The summed E-state index contributed by atoms with van der Waals surface area (Å²) in [6.45, 7) is 1.79. The molecule has 1 rings (SSSR count). The van der Waals surface area contributed by atoms with E-state index in [0.29, 0.717) is 6.42 Å². The minimum atomic E-state index is -3.41. The third-order valence-corrected chi connectivity index (χ3v) is 4.16. The third kappa shape index (κ3) is 6.93. The Balaban J connectivity index is 2.42. The van der Waals surface area contributed by atoms with Crippen LogP contribution >= 0.6 is 0 Å². The second-order valence-electron chi connectivity index (χ2n) is 4.52. The van der Waals surface area contributed by atoms with Crippen LogP contribution in [-0.4, -0.2) is 31.3 Å². The van der Waals surface area contributed by atoms with Crippen molar-refractivity contribution in [3.05, 3.63) is 35.9 Å². The maximum Gasteiger partial charge on any atom is 0.303 e. The highest BCUT2D eigenvalue weighted by molar-refractivity contribution is 7.89. The molecule has 0 radical (unpaired) electrons. The van der Waals surface area contributed by atoms with Gasteiger partial charge in [-0.1, -0.05) is 30.3 Å². The summed E-state index contributed by atoms with van der Waals surface area (Å²) in [7, 11) is -3.41.